The maximum Gasteiger partial charge on any atom is 0.433 e. The molecule has 0 aromatic carbocycles. The molecule has 3 rings (SSSR count). The van der Waals surface area contributed by atoms with Crippen LogP contribution in [0, 0.1) is 18.3 Å². The molecular weight excluding hydrogens is 347 g/mol. The molecule has 0 unspecified atom stereocenters. The molecular formula is C17H22F3N5O. The molecule has 1 N–H and O–H groups in total. The van der Waals surface area contributed by atoms with Gasteiger partial charge in [-0.05, 0) is 31.7 Å². The summed E-state index contributed by atoms with van der Waals surface area (Å²) in [7, 11) is 0. The average molecular weight is 369 g/mol. The van der Waals surface area contributed by atoms with E-state index in [2.05, 4.69) is 15.4 Å². The molecule has 1 fully saturated rings. The smallest absolute Gasteiger partial charge is 0.355 e. The number of carbonyl (C=O) groups excluding carboxylic acids is 1. The van der Waals surface area contributed by atoms with Crippen LogP contribution in [0.2, 0.25) is 0 Å². The van der Waals surface area contributed by atoms with Gasteiger partial charge in [0, 0.05) is 32.0 Å². The largest absolute Gasteiger partial charge is 0.433 e. The van der Waals surface area contributed by atoms with Crippen LogP contribution in [0.5, 0.6) is 0 Å². The van der Waals surface area contributed by atoms with E-state index in [1.165, 1.54) is 6.92 Å². The van der Waals surface area contributed by atoms with Crippen molar-refractivity contribution < 1.29 is 18.0 Å². The summed E-state index contributed by atoms with van der Waals surface area (Å²) < 4.78 is 41.9. The molecule has 1 aliphatic carbocycles. The molecule has 1 aliphatic rings. The molecule has 6 nitrogen and oxygen atoms in total. The second kappa shape index (κ2) is 6.77. The number of aromatic nitrogens is 4. The van der Waals surface area contributed by atoms with Gasteiger partial charge in [-0.1, -0.05) is 6.92 Å². The lowest BCUT2D eigenvalue weighted by Gasteiger charge is -2.19. The number of nitrogens with one attached hydrogen (secondary N) is 1. The van der Waals surface area contributed by atoms with Crippen molar-refractivity contribution in [1.29, 1.82) is 0 Å². The summed E-state index contributed by atoms with van der Waals surface area (Å²) >= 11 is 0. The lowest BCUT2D eigenvalue weighted by Crippen LogP contribution is -2.38. The number of halogens is 3. The van der Waals surface area contributed by atoms with Crippen molar-refractivity contribution in [2.75, 3.05) is 6.54 Å². The van der Waals surface area contributed by atoms with Gasteiger partial charge in [-0.2, -0.15) is 18.3 Å². The number of carbonyl (C=O) groups is 1. The molecule has 9 heteroatoms. The van der Waals surface area contributed by atoms with Crippen molar-refractivity contribution in [2.45, 2.75) is 46.0 Å². The molecule has 26 heavy (non-hydrogen) atoms. The van der Waals surface area contributed by atoms with Crippen molar-refractivity contribution in [3.63, 3.8) is 0 Å². The van der Waals surface area contributed by atoms with E-state index in [0.717, 1.165) is 23.6 Å². The fourth-order valence-electron chi connectivity index (χ4n) is 3.06. The highest BCUT2D eigenvalue weighted by atomic mass is 19.4. The van der Waals surface area contributed by atoms with E-state index >= 15 is 0 Å². The molecule has 0 radical (unpaired) electrons. The number of hydrogen-bond donors (Lipinski definition) is 1. The van der Waals surface area contributed by atoms with Crippen LogP contribution in [0.3, 0.4) is 0 Å². The van der Waals surface area contributed by atoms with Crippen molar-refractivity contribution in [2.24, 2.45) is 11.3 Å². The topological polar surface area (TPSA) is 64.7 Å². The van der Waals surface area contributed by atoms with E-state index in [1.54, 1.807) is 19.4 Å². The van der Waals surface area contributed by atoms with Crippen molar-refractivity contribution >= 4 is 5.91 Å². The standard InChI is InChI=1S/C17H22F3N5O/c1-12(9-25-14(17(18,19)20)7-13(2)23-25)8-22-15(26)16(3-4-16)10-24-6-5-21-11-24/h5-7,11-12H,3-4,8-10H2,1-2H3,(H,22,26)/t12-/m0/s1. The summed E-state index contributed by atoms with van der Waals surface area (Å²) in [5, 5.41) is 6.82. The van der Waals surface area contributed by atoms with Crippen LogP contribution in [0.15, 0.2) is 24.8 Å². The first-order chi connectivity index (χ1) is 12.2. The van der Waals surface area contributed by atoms with E-state index in [-0.39, 0.29) is 18.4 Å². The molecule has 0 aliphatic heterocycles. The third-order valence-electron chi connectivity index (χ3n) is 4.67. The molecule has 0 spiro atoms. The van der Waals surface area contributed by atoms with Gasteiger partial charge in [0.1, 0.15) is 5.69 Å². The molecule has 142 valence electrons. The minimum Gasteiger partial charge on any atom is -0.355 e. The second-order valence-corrected chi connectivity index (χ2v) is 7.18. The highest BCUT2D eigenvalue weighted by molar-refractivity contribution is 5.85. The molecule has 1 saturated carbocycles. The Morgan fingerprint density at radius 3 is 2.73 bits per heavy atom. The van der Waals surface area contributed by atoms with E-state index in [9.17, 15) is 18.0 Å². The monoisotopic (exact) mass is 369 g/mol. The summed E-state index contributed by atoms with van der Waals surface area (Å²) in [6.07, 6.45) is 2.33. The van der Waals surface area contributed by atoms with Crippen LogP contribution in [0.25, 0.3) is 0 Å². The minimum absolute atomic E-state index is 0.0502. The van der Waals surface area contributed by atoms with Gasteiger partial charge in [-0.3, -0.25) is 9.48 Å². The Hall–Kier alpha value is -2.32. The lowest BCUT2D eigenvalue weighted by molar-refractivity contribution is -0.144. The Bertz CT molecular complexity index is 762. The lowest BCUT2D eigenvalue weighted by atomic mass is 10.1. The Morgan fingerprint density at radius 1 is 1.42 bits per heavy atom. The fourth-order valence-corrected chi connectivity index (χ4v) is 3.06. The van der Waals surface area contributed by atoms with Crippen molar-refractivity contribution in [1.82, 2.24) is 24.6 Å². The van der Waals surface area contributed by atoms with E-state index in [0.29, 0.717) is 18.8 Å². The van der Waals surface area contributed by atoms with Crippen LogP contribution in [0.1, 0.15) is 31.2 Å². The Morgan fingerprint density at radius 2 is 2.15 bits per heavy atom. The zero-order chi connectivity index (χ0) is 18.9. The van der Waals surface area contributed by atoms with Crippen LogP contribution in [0.4, 0.5) is 13.2 Å². The highest BCUT2D eigenvalue weighted by Gasteiger charge is 2.49. The summed E-state index contributed by atoms with van der Waals surface area (Å²) in [5.74, 6) is -0.228. The third-order valence-corrected chi connectivity index (χ3v) is 4.67. The summed E-state index contributed by atoms with van der Waals surface area (Å²) in [6.45, 7) is 4.31. The number of hydrogen-bond acceptors (Lipinski definition) is 3. The van der Waals surface area contributed by atoms with Gasteiger partial charge in [0.25, 0.3) is 0 Å². The van der Waals surface area contributed by atoms with Gasteiger partial charge in [-0.25, -0.2) is 4.98 Å². The number of amides is 1. The molecule has 2 heterocycles. The van der Waals surface area contributed by atoms with E-state index < -0.39 is 17.3 Å². The molecule has 2 aromatic rings. The SMILES string of the molecule is Cc1cc(C(F)(F)F)n(C[C@@H](C)CNC(=O)C2(Cn3ccnc3)CC2)n1. The van der Waals surface area contributed by atoms with E-state index in [4.69, 9.17) is 0 Å². The molecule has 0 saturated heterocycles. The van der Waals surface area contributed by atoms with Crippen LogP contribution in [-0.4, -0.2) is 31.8 Å². The summed E-state index contributed by atoms with van der Waals surface area (Å²) in [5.41, 5.74) is -0.849. The van der Waals surface area contributed by atoms with Crippen molar-refractivity contribution in [3.05, 3.63) is 36.2 Å². The van der Waals surface area contributed by atoms with Gasteiger partial charge in [0.15, 0.2) is 0 Å². The quantitative estimate of drug-likeness (QED) is 0.816. The predicted octanol–water partition coefficient (Wildman–Crippen LogP) is 2.64. The predicted molar refractivity (Wildman–Crippen MR) is 88.0 cm³/mol. The Balaban J connectivity index is 1.55. The number of imidazole rings is 1. The van der Waals surface area contributed by atoms with Gasteiger partial charge < -0.3 is 9.88 Å². The molecule has 0 bridgehead atoms. The average Bonchev–Trinajstić information content (AvgIpc) is 2.96. The highest BCUT2D eigenvalue weighted by Crippen LogP contribution is 2.47. The number of alkyl halides is 3. The van der Waals surface area contributed by atoms with Gasteiger partial charge in [-0.15, -0.1) is 0 Å². The van der Waals surface area contributed by atoms with Gasteiger partial charge >= 0.3 is 6.18 Å². The van der Waals surface area contributed by atoms with Crippen LogP contribution < -0.4 is 5.32 Å². The normalized spacial score (nSPS) is 17.1. The number of rotatable bonds is 7. The third kappa shape index (κ3) is 4.08. The maximum atomic E-state index is 13.0. The molecule has 1 amide bonds. The number of aryl methyl sites for hydroxylation is 1. The zero-order valence-electron chi connectivity index (χ0n) is 14.8. The zero-order valence-corrected chi connectivity index (χ0v) is 14.8. The van der Waals surface area contributed by atoms with Gasteiger partial charge in [0.05, 0.1) is 17.4 Å². The Kier molecular flexibility index (Phi) is 4.81. The summed E-state index contributed by atoms with van der Waals surface area (Å²) in [6, 6.07) is 1.04. The second-order valence-electron chi connectivity index (χ2n) is 7.18. The Labute approximate surface area is 149 Å². The first-order valence-corrected chi connectivity index (χ1v) is 8.55. The van der Waals surface area contributed by atoms with Crippen LogP contribution in [-0.2, 0) is 24.1 Å². The minimum atomic E-state index is -4.44. The number of nitrogens with zero attached hydrogens (tertiary/aromatic N) is 4. The van der Waals surface area contributed by atoms with Crippen LogP contribution >= 0.6 is 0 Å². The molecule has 2 aromatic heterocycles. The summed E-state index contributed by atoms with van der Waals surface area (Å²) in [4.78, 5) is 16.5. The van der Waals surface area contributed by atoms with Crippen molar-refractivity contribution in [3.8, 4) is 0 Å². The first-order valence-electron chi connectivity index (χ1n) is 8.55. The van der Waals surface area contributed by atoms with Gasteiger partial charge in [0.2, 0.25) is 5.91 Å². The maximum absolute atomic E-state index is 13.0. The van der Waals surface area contributed by atoms with E-state index in [1.807, 2.05) is 10.8 Å². The molecule has 1 atom stereocenters. The fraction of sp³-hybridized carbons (Fsp3) is 0.588. The first kappa shape index (κ1) is 18.5.